The van der Waals surface area contributed by atoms with E-state index in [2.05, 4.69) is 43.1 Å². The molecule has 0 aliphatic carbocycles. The molecule has 0 aliphatic heterocycles. The van der Waals surface area contributed by atoms with Crippen LogP contribution in [0.2, 0.25) is 0 Å². The second-order valence-electron chi connectivity index (χ2n) is 4.37. The van der Waals surface area contributed by atoms with E-state index in [0.29, 0.717) is 0 Å². The second-order valence-corrected chi connectivity index (χ2v) is 5.19. The normalized spacial score (nSPS) is 10.7. The maximum atomic E-state index is 4.49. The summed E-state index contributed by atoms with van der Waals surface area (Å²) >= 11 is 3.42. The molecule has 0 fully saturated rings. The second kappa shape index (κ2) is 6.65. The number of aryl methyl sites for hydroxylation is 2. The molecule has 2 aromatic heterocycles. The van der Waals surface area contributed by atoms with Gasteiger partial charge in [-0.2, -0.15) is 0 Å². The van der Waals surface area contributed by atoms with Crippen LogP contribution in [0.3, 0.4) is 0 Å². The van der Waals surface area contributed by atoms with Crippen LogP contribution in [0.15, 0.2) is 23.1 Å². The van der Waals surface area contributed by atoms with E-state index in [9.17, 15) is 0 Å². The highest BCUT2D eigenvalue weighted by Crippen LogP contribution is 2.13. The van der Waals surface area contributed by atoms with Gasteiger partial charge >= 0.3 is 0 Å². The van der Waals surface area contributed by atoms with Gasteiger partial charge in [0.05, 0.1) is 0 Å². The standard InChI is InChI=1S/C13H18BrN5/c1-3-4-11-17-10(14)9-12(18-11)15-6-5-13-16-7-8-19(13)2/h7-9H,3-6H2,1-2H3,(H,15,17,18). The Bertz CT molecular complexity index is 538. The Kier molecular flexibility index (Phi) is 4.90. The molecule has 0 bridgehead atoms. The zero-order valence-electron chi connectivity index (χ0n) is 11.2. The highest BCUT2D eigenvalue weighted by molar-refractivity contribution is 9.10. The van der Waals surface area contributed by atoms with Crippen molar-refractivity contribution in [2.75, 3.05) is 11.9 Å². The van der Waals surface area contributed by atoms with Gasteiger partial charge in [0.1, 0.15) is 22.1 Å². The van der Waals surface area contributed by atoms with Crippen LogP contribution in [0.5, 0.6) is 0 Å². The lowest BCUT2D eigenvalue weighted by molar-refractivity contribution is 0.785. The summed E-state index contributed by atoms with van der Waals surface area (Å²) in [5.41, 5.74) is 0. The molecular weight excluding hydrogens is 306 g/mol. The molecule has 0 spiro atoms. The molecule has 2 aromatic rings. The van der Waals surface area contributed by atoms with Crippen molar-refractivity contribution in [1.82, 2.24) is 19.5 Å². The van der Waals surface area contributed by atoms with Crippen molar-refractivity contribution in [2.45, 2.75) is 26.2 Å². The van der Waals surface area contributed by atoms with Crippen molar-refractivity contribution in [2.24, 2.45) is 7.05 Å². The van der Waals surface area contributed by atoms with Crippen LogP contribution >= 0.6 is 15.9 Å². The maximum Gasteiger partial charge on any atom is 0.132 e. The van der Waals surface area contributed by atoms with Crippen LogP contribution < -0.4 is 5.32 Å². The monoisotopic (exact) mass is 323 g/mol. The molecule has 0 amide bonds. The summed E-state index contributed by atoms with van der Waals surface area (Å²) in [6.07, 6.45) is 6.58. The van der Waals surface area contributed by atoms with Gasteiger partial charge in [-0.15, -0.1) is 0 Å². The molecule has 19 heavy (non-hydrogen) atoms. The van der Waals surface area contributed by atoms with Crippen molar-refractivity contribution in [3.05, 3.63) is 34.7 Å². The Labute approximate surface area is 121 Å². The van der Waals surface area contributed by atoms with Gasteiger partial charge in [-0.05, 0) is 22.4 Å². The lowest BCUT2D eigenvalue weighted by atomic mass is 10.3. The van der Waals surface area contributed by atoms with Crippen LogP contribution in [0.25, 0.3) is 0 Å². The molecule has 0 aromatic carbocycles. The van der Waals surface area contributed by atoms with E-state index in [1.807, 2.05) is 30.1 Å². The van der Waals surface area contributed by atoms with E-state index in [1.54, 1.807) is 0 Å². The minimum absolute atomic E-state index is 0.805. The van der Waals surface area contributed by atoms with Crippen molar-refractivity contribution in [3.63, 3.8) is 0 Å². The highest BCUT2D eigenvalue weighted by Gasteiger charge is 2.03. The zero-order valence-corrected chi connectivity index (χ0v) is 12.8. The molecule has 2 heterocycles. The number of aromatic nitrogens is 4. The van der Waals surface area contributed by atoms with E-state index in [-0.39, 0.29) is 0 Å². The first-order valence-corrected chi connectivity index (χ1v) is 7.22. The summed E-state index contributed by atoms with van der Waals surface area (Å²) in [4.78, 5) is 13.1. The third kappa shape index (κ3) is 4.02. The first kappa shape index (κ1) is 14.0. The first-order valence-electron chi connectivity index (χ1n) is 6.42. The van der Waals surface area contributed by atoms with E-state index in [4.69, 9.17) is 0 Å². The number of nitrogens with one attached hydrogen (secondary N) is 1. The number of rotatable bonds is 6. The fourth-order valence-corrected chi connectivity index (χ4v) is 2.25. The first-order chi connectivity index (χ1) is 9.19. The van der Waals surface area contributed by atoms with E-state index in [1.165, 1.54) is 0 Å². The molecule has 0 radical (unpaired) electrons. The average molecular weight is 324 g/mol. The number of hydrogen-bond donors (Lipinski definition) is 1. The molecule has 0 aliphatic rings. The lowest BCUT2D eigenvalue weighted by Gasteiger charge is -2.07. The van der Waals surface area contributed by atoms with Gasteiger partial charge in [0, 0.05) is 44.9 Å². The van der Waals surface area contributed by atoms with E-state index >= 15 is 0 Å². The fourth-order valence-electron chi connectivity index (χ4n) is 1.83. The van der Waals surface area contributed by atoms with Crippen LogP contribution in [-0.4, -0.2) is 26.1 Å². The van der Waals surface area contributed by atoms with Crippen molar-refractivity contribution < 1.29 is 0 Å². The Balaban J connectivity index is 1.94. The van der Waals surface area contributed by atoms with Gasteiger partial charge < -0.3 is 9.88 Å². The van der Waals surface area contributed by atoms with Crippen molar-refractivity contribution in [1.29, 1.82) is 0 Å². The topological polar surface area (TPSA) is 55.6 Å². The average Bonchev–Trinajstić information content (AvgIpc) is 2.75. The van der Waals surface area contributed by atoms with Gasteiger partial charge in [-0.25, -0.2) is 15.0 Å². The van der Waals surface area contributed by atoms with Gasteiger partial charge in [0.15, 0.2) is 0 Å². The zero-order chi connectivity index (χ0) is 13.7. The van der Waals surface area contributed by atoms with Crippen LogP contribution in [-0.2, 0) is 19.9 Å². The van der Waals surface area contributed by atoms with Crippen molar-refractivity contribution in [3.8, 4) is 0 Å². The van der Waals surface area contributed by atoms with Crippen LogP contribution in [0, 0.1) is 0 Å². The van der Waals surface area contributed by atoms with Crippen LogP contribution in [0.4, 0.5) is 5.82 Å². The third-order valence-corrected chi connectivity index (χ3v) is 3.20. The summed E-state index contributed by atoms with van der Waals surface area (Å²) in [5, 5.41) is 3.32. The highest BCUT2D eigenvalue weighted by atomic mass is 79.9. The van der Waals surface area contributed by atoms with E-state index in [0.717, 1.165) is 47.9 Å². The molecule has 0 saturated carbocycles. The molecule has 0 atom stereocenters. The molecule has 0 saturated heterocycles. The number of hydrogen-bond acceptors (Lipinski definition) is 4. The van der Waals surface area contributed by atoms with Gasteiger partial charge in [-0.1, -0.05) is 6.92 Å². The van der Waals surface area contributed by atoms with Crippen LogP contribution in [0.1, 0.15) is 25.0 Å². The van der Waals surface area contributed by atoms with Crippen molar-refractivity contribution >= 4 is 21.7 Å². The molecular formula is C13H18BrN5. The number of imidazole rings is 1. The minimum Gasteiger partial charge on any atom is -0.369 e. The smallest absolute Gasteiger partial charge is 0.132 e. The van der Waals surface area contributed by atoms with Gasteiger partial charge in [0.2, 0.25) is 0 Å². The summed E-state index contributed by atoms with van der Waals surface area (Å²) < 4.78 is 2.85. The molecule has 102 valence electrons. The third-order valence-electron chi connectivity index (χ3n) is 2.79. The minimum atomic E-state index is 0.805. The Morgan fingerprint density at radius 3 is 2.84 bits per heavy atom. The summed E-state index contributed by atoms with van der Waals surface area (Å²) in [6.45, 7) is 2.93. The largest absolute Gasteiger partial charge is 0.369 e. The molecule has 6 heteroatoms. The number of nitrogens with zero attached hydrogens (tertiary/aromatic N) is 4. The predicted octanol–water partition coefficient (Wildman–Crippen LogP) is 2.58. The summed E-state index contributed by atoms with van der Waals surface area (Å²) in [5.74, 6) is 2.80. The quantitative estimate of drug-likeness (QED) is 0.830. The van der Waals surface area contributed by atoms with Gasteiger partial charge in [0.25, 0.3) is 0 Å². The lowest BCUT2D eigenvalue weighted by Crippen LogP contribution is -2.10. The fraction of sp³-hybridized carbons (Fsp3) is 0.462. The van der Waals surface area contributed by atoms with E-state index < -0.39 is 0 Å². The Morgan fingerprint density at radius 2 is 2.16 bits per heavy atom. The molecule has 0 unspecified atom stereocenters. The Morgan fingerprint density at radius 1 is 1.32 bits per heavy atom. The molecule has 1 N–H and O–H groups in total. The number of anilines is 1. The summed E-state index contributed by atoms with van der Waals surface area (Å²) in [6, 6.07) is 1.90. The predicted molar refractivity (Wildman–Crippen MR) is 79.1 cm³/mol. The summed E-state index contributed by atoms with van der Waals surface area (Å²) in [7, 11) is 2.00. The number of halogens is 1. The Hall–Kier alpha value is -1.43. The molecule has 5 nitrogen and oxygen atoms in total. The molecule has 2 rings (SSSR count). The van der Waals surface area contributed by atoms with Gasteiger partial charge in [-0.3, -0.25) is 0 Å². The SMILES string of the molecule is CCCc1nc(Br)cc(NCCc2nccn2C)n1. The maximum absolute atomic E-state index is 4.49.